The normalized spacial score (nSPS) is 16.9. The van der Waals surface area contributed by atoms with E-state index in [1.807, 2.05) is 13.8 Å². The van der Waals surface area contributed by atoms with Gasteiger partial charge in [-0.05, 0) is 39.5 Å². The summed E-state index contributed by atoms with van der Waals surface area (Å²) in [6.07, 6.45) is 3.96. The minimum Gasteiger partial charge on any atom is -0.477 e. The molecule has 0 aromatic carbocycles. The molecule has 1 unspecified atom stereocenters. The van der Waals surface area contributed by atoms with E-state index in [2.05, 4.69) is 10.3 Å². The van der Waals surface area contributed by atoms with Crippen molar-refractivity contribution < 1.29 is 14.7 Å². The molecule has 1 aromatic rings. The monoisotopic (exact) mass is 294 g/mol. The average Bonchev–Trinajstić information content (AvgIpc) is 3.11. The molecule has 1 heterocycles. The number of aromatic nitrogens is 1. The molecule has 1 aliphatic rings. The fourth-order valence-electron chi connectivity index (χ4n) is 1.98. The van der Waals surface area contributed by atoms with Crippen LogP contribution in [0.1, 0.15) is 53.1 Å². The lowest BCUT2D eigenvalue weighted by Gasteiger charge is -2.09. The van der Waals surface area contributed by atoms with Gasteiger partial charge >= 0.3 is 5.97 Å². The van der Waals surface area contributed by atoms with Crippen molar-refractivity contribution in [3.05, 3.63) is 27.2 Å². The first-order valence-electron chi connectivity index (χ1n) is 6.57. The van der Waals surface area contributed by atoms with Crippen LogP contribution in [0.2, 0.25) is 0 Å². The molecule has 0 spiro atoms. The summed E-state index contributed by atoms with van der Waals surface area (Å²) >= 11 is 1.11. The SMILES string of the molecule is C/C(=C/C(=O)NC(C)c1nc(C)c(C(=O)O)s1)C1CC1. The number of carboxylic acid groups (broad SMARTS) is 1. The molecule has 6 heteroatoms. The van der Waals surface area contributed by atoms with Crippen molar-refractivity contribution in [2.75, 3.05) is 0 Å². The van der Waals surface area contributed by atoms with Crippen molar-refractivity contribution in [1.82, 2.24) is 10.3 Å². The fraction of sp³-hybridized carbons (Fsp3) is 0.500. The van der Waals surface area contributed by atoms with Gasteiger partial charge in [-0.1, -0.05) is 5.57 Å². The zero-order chi connectivity index (χ0) is 14.9. The van der Waals surface area contributed by atoms with Crippen LogP contribution in [0.15, 0.2) is 11.6 Å². The third-order valence-electron chi connectivity index (χ3n) is 3.32. The van der Waals surface area contributed by atoms with Gasteiger partial charge < -0.3 is 10.4 Å². The highest BCUT2D eigenvalue weighted by molar-refractivity contribution is 7.13. The Bertz CT molecular complexity index is 573. The number of thiazole rings is 1. The number of nitrogens with zero attached hydrogens (tertiary/aromatic N) is 1. The molecule has 1 aliphatic carbocycles. The van der Waals surface area contributed by atoms with Gasteiger partial charge in [-0.15, -0.1) is 11.3 Å². The Labute approximate surface area is 121 Å². The number of aryl methyl sites for hydroxylation is 1. The summed E-state index contributed by atoms with van der Waals surface area (Å²) in [7, 11) is 0. The molecule has 1 atom stereocenters. The van der Waals surface area contributed by atoms with E-state index in [1.165, 1.54) is 12.8 Å². The summed E-state index contributed by atoms with van der Waals surface area (Å²) in [5, 5.41) is 12.4. The third kappa shape index (κ3) is 3.45. The van der Waals surface area contributed by atoms with E-state index in [-0.39, 0.29) is 16.8 Å². The molecule has 1 saturated carbocycles. The maximum absolute atomic E-state index is 11.9. The fourth-order valence-corrected chi connectivity index (χ4v) is 2.89. The molecule has 0 radical (unpaired) electrons. The number of allylic oxidation sites excluding steroid dienone is 1. The van der Waals surface area contributed by atoms with Crippen LogP contribution in [0.4, 0.5) is 0 Å². The summed E-state index contributed by atoms with van der Waals surface area (Å²) in [5.74, 6) is -0.558. The van der Waals surface area contributed by atoms with Crippen LogP contribution in [0, 0.1) is 12.8 Å². The Hall–Kier alpha value is -1.69. The van der Waals surface area contributed by atoms with E-state index in [9.17, 15) is 9.59 Å². The molecule has 2 N–H and O–H groups in total. The van der Waals surface area contributed by atoms with Crippen LogP contribution in [-0.2, 0) is 4.79 Å². The summed E-state index contributed by atoms with van der Waals surface area (Å²) in [5.41, 5.74) is 1.60. The summed E-state index contributed by atoms with van der Waals surface area (Å²) in [4.78, 5) is 27.3. The lowest BCUT2D eigenvalue weighted by Crippen LogP contribution is -2.25. The lowest BCUT2D eigenvalue weighted by molar-refractivity contribution is -0.117. The van der Waals surface area contributed by atoms with Crippen molar-refractivity contribution in [3.8, 4) is 0 Å². The van der Waals surface area contributed by atoms with Crippen molar-refractivity contribution in [2.45, 2.75) is 39.7 Å². The largest absolute Gasteiger partial charge is 0.477 e. The Balaban J connectivity index is 2.02. The highest BCUT2D eigenvalue weighted by atomic mass is 32.1. The van der Waals surface area contributed by atoms with Crippen LogP contribution < -0.4 is 5.32 Å². The van der Waals surface area contributed by atoms with Crippen LogP contribution in [-0.4, -0.2) is 22.0 Å². The first-order chi connectivity index (χ1) is 9.38. The number of hydrogen-bond donors (Lipinski definition) is 2. The molecule has 5 nitrogen and oxygen atoms in total. The van der Waals surface area contributed by atoms with E-state index >= 15 is 0 Å². The Morgan fingerprint density at radius 3 is 2.65 bits per heavy atom. The van der Waals surface area contributed by atoms with E-state index in [1.54, 1.807) is 13.0 Å². The van der Waals surface area contributed by atoms with Gasteiger partial charge in [0.1, 0.15) is 9.88 Å². The number of nitrogens with one attached hydrogen (secondary N) is 1. The van der Waals surface area contributed by atoms with Crippen LogP contribution in [0.5, 0.6) is 0 Å². The number of carbonyl (C=O) groups is 2. The minimum absolute atomic E-state index is 0.147. The minimum atomic E-state index is -0.978. The first kappa shape index (κ1) is 14.7. The summed E-state index contributed by atoms with van der Waals surface area (Å²) in [6.45, 7) is 5.44. The van der Waals surface area contributed by atoms with Gasteiger partial charge in [0.15, 0.2) is 0 Å². The number of carbonyl (C=O) groups excluding carboxylic acids is 1. The molecule has 1 amide bonds. The molecular weight excluding hydrogens is 276 g/mol. The average molecular weight is 294 g/mol. The standard InChI is InChI=1S/C14H18N2O3S/c1-7(10-4-5-10)6-11(17)15-9(3)13-16-8(2)12(20-13)14(18)19/h6,9-10H,4-5H2,1-3H3,(H,15,17)(H,18,19)/b7-6-. The topological polar surface area (TPSA) is 79.3 Å². The van der Waals surface area contributed by atoms with Crippen LogP contribution >= 0.6 is 11.3 Å². The van der Waals surface area contributed by atoms with Crippen molar-refractivity contribution in [3.63, 3.8) is 0 Å². The van der Waals surface area contributed by atoms with Crippen molar-refractivity contribution in [1.29, 1.82) is 0 Å². The molecular formula is C14H18N2O3S. The smallest absolute Gasteiger partial charge is 0.347 e. The second-order valence-electron chi connectivity index (χ2n) is 5.16. The summed E-state index contributed by atoms with van der Waals surface area (Å²) in [6, 6.07) is -0.289. The second-order valence-corrected chi connectivity index (χ2v) is 6.20. The molecule has 0 saturated heterocycles. The number of carboxylic acids is 1. The van der Waals surface area contributed by atoms with Crippen molar-refractivity contribution >= 4 is 23.2 Å². The second kappa shape index (κ2) is 5.75. The number of amides is 1. The van der Waals surface area contributed by atoms with E-state index in [0.717, 1.165) is 16.9 Å². The predicted molar refractivity (Wildman–Crippen MR) is 76.8 cm³/mol. The van der Waals surface area contributed by atoms with Gasteiger partial charge in [-0.3, -0.25) is 4.79 Å². The Morgan fingerprint density at radius 2 is 2.15 bits per heavy atom. The number of aromatic carboxylic acids is 1. The highest BCUT2D eigenvalue weighted by Crippen LogP contribution is 2.35. The van der Waals surface area contributed by atoms with Gasteiger partial charge in [0.25, 0.3) is 0 Å². The van der Waals surface area contributed by atoms with E-state index < -0.39 is 5.97 Å². The predicted octanol–water partition coefficient (Wildman–Crippen LogP) is 2.68. The van der Waals surface area contributed by atoms with E-state index in [0.29, 0.717) is 16.6 Å². The molecule has 1 fully saturated rings. The van der Waals surface area contributed by atoms with Gasteiger partial charge in [0, 0.05) is 6.08 Å². The molecule has 20 heavy (non-hydrogen) atoms. The van der Waals surface area contributed by atoms with Gasteiger partial charge in [-0.25, -0.2) is 9.78 Å². The van der Waals surface area contributed by atoms with Crippen LogP contribution in [0.25, 0.3) is 0 Å². The van der Waals surface area contributed by atoms with E-state index in [4.69, 9.17) is 5.11 Å². The number of hydrogen-bond acceptors (Lipinski definition) is 4. The van der Waals surface area contributed by atoms with Gasteiger partial charge in [0.05, 0.1) is 11.7 Å². The zero-order valence-electron chi connectivity index (χ0n) is 11.8. The molecule has 2 rings (SSSR count). The maximum atomic E-state index is 11.9. The first-order valence-corrected chi connectivity index (χ1v) is 7.39. The maximum Gasteiger partial charge on any atom is 0.347 e. The molecule has 1 aromatic heterocycles. The van der Waals surface area contributed by atoms with Gasteiger partial charge in [-0.2, -0.15) is 0 Å². The Morgan fingerprint density at radius 1 is 1.50 bits per heavy atom. The molecule has 0 aliphatic heterocycles. The lowest BCUT2D eigenvalue weighted by atomic mass is 10.2. The summed E-state index contributed by atoms with van der Waals surface area (Å²) < 4.78 is 0. The molecule has 108 valence electrons. The van der Waals surface area contributed by atoms with Crippen molar-refractivity contribution in [2.24, 2.45) is 5.92 Å². The molecule has 0 bridgehead atoms. The zero-order valence-corrected chi connectivity index (χ0v) is 12.6. The van der Waals surface area contributed by atoms with Gasteiger partial charge in [0.2, 0.25) is 5.91 Å². The quantitative estimate of drug-likeness (QED) is 0.818. The number of rotatable bonds is 5. The highest BCUT2D eigenvalue weighted by Gasteiger charge is 2.24. The Kier molecular flexibility index (Phi) is 4.23. The van der Waals surface area contributed by atoms with Crippen LogP contribution in [0.3, 0.4) is 0 Å². The third-order valence-corrected chi connectivity index (χ3v) is 4.64.